The normalized spacial score (nSPS) is 31.6. The molecule has 0 amide bonds. The molecule has 2 saturated carbocycles. The predicted octanol–water partition coefficient (Wildman–Crippen LogP) is 3.50. The molecule has 1 aromatic heterocycles. The summed E-state index contributed by atoms with van der Waals surface area (Å²) in [5.74, 6) is 4.35. The molecule has 1 N–H and O–H groups in total. The van der Waals surface area contributed by atoms with Gasteiger partial charge in [0.15, 0.2) is 4.77 Å². The monoisotopic (exact) mass is 251 g/mol. The fraction of sp³-hybridized carbons (Fsp3) is 0.846. The zero-order valence-electron chi connectivity index (χ0n) is 10.6. The summed E-state index contributed by atoms with van der Waals surface area (Å²) < 4.78 is 3.04. The molecule has 3 rings (SSSR count). The predicted molar refractivity (Wildman–Crippen MR) is 70.4 cm³/mol. The lowest BCUT2D eigenvalue weighted by Crippen LogP contribution is -2.16. The summed E-state index contributed by atoms with van der Waals surface area (Å²) in [7, 11) is 0. The fourth-order valence-corrected chi connectivity index (χ4v) is 3.93. The Morgan fingerprint density at radius 2 is 2.24 bits per heavy atom. The molecule has 3 unspecified atom stereocenters. The third-order valence-corrected chi connectivity index (χ3v) is 4.72. The van der Waals surface area contributed by atoms with Crippen LogP contribution in [0.3, 0.4) is 0 Å². The van der Waals surface area contributed by atoms with Gasteiger partial charge in [0, 0.05) is 12.5 Å². The molecule has 2 bridgehead atoms. The average Bonchev–Trinajstić information content (AvgIpc) is 2.94. The molecule has 1 aromatic rings. The molecule has 0 aliphatic heterocycles. The van der Waals surface area contributed by atoms with E-state index in [1.54, 1.807) is 0 Å². The third-order valence-electron chi connectivity index (χ3n) is 4.41. The van der Waals surface area contributed by atoms with Gasteiger partial charge in [-0.25, -0.2) is 0 Å². The molecule has 2 aliphatic carbocycles. The topological polar surface area (TPSA) is 33.6 Å². The highest BCUT2D eigenvalue weighted by Crippen LogP contribution is 2.52. The van der Waals surface area contributed by atoms with Gasteiger partial charge in [-0.2, -0.15) is 5.10 Å². The van der Waals surface area contributed by atoms with Crippen LogP contribution in [0, 0.1) is 22.5 Å². The summed E-state index contributed by atoms with van der Waals surface area (Å²) in [5.41, 5.74) is 0. The first-order chi connectivity index (χ1) is 8.15. The lowest BCUT2D eigenvalue weighted by atomic mass is 9.88. The van der Waals surface area contributed by atoms with Crippen LogP contribution in [0.5, 0.6) is 0 Å². The zero-order chi connectivity index (χ0) is 12.0. The van der Waals surface area contributed by atoms with Crippen molar-refractivity contribution in [1.82, 2.24) is 14.8 Å². The quantitative estimate of drug-likeness (QED) is 0.834. The molecule has 0 saturated heterocycles. The van der Waals surface area contributed by atoms with Gasteiger partial charge < -0.3 is 4.57 Å². The molecule has 4 heteroatoms. The van der Waals surface area contributed by atoms with Crippen LogP contribution >= 0.6 is 12.2 Å². The van der Waals surface area contributed by atoms with Crippen LogP contribution in [0.25, 0.3) is 0 Å². The van der Waals surface area contributed by atoms with Crippen LogP contribution in [-0.4, -0.2) is 14.8 Å². The Kier molecular flexibility index (Phi) is 2.85. The molecular weight excluding hydrogens is 230 g/mol. The third kappa shape index (κ3) is 1.96. The smallest absolute Gasteiger partial charge is 0.195 e. The molecule has 0 aromatic carbocycles. The van der Waals surface area contributed by atoms with Crippen LogP contribution in [0.2, 0.25) is 0 Å². The van der Waals surface area contributed by atoms with Crippen molar-refractivity contribution >= 4 is 12.2 Å². The Hall–Kier alpha value is -0.640. The SMILES string of the molecule is CC(C)Cn1c(C2CC3CCC2C3)n[nH]c1=S. The number of hydrogen-bond donors (Lipinski definition) is 1. The van der Waals surface area contributed by atoms with Crippen molar-refractivity contribution in [2.75, 3.05) is 0 Å². The zero-order valence-corrected chi connectivity index (χ0v) is 11.5. The minimum atomic E-state index is 0.622. The Morgan fingerprint density at radius 1 is 1.41 bits per heavy atom. The van der Waals surface area contributed by atoms with E-state index in [4.69, 9.17) is 12.2 Å². The number of rotatable bonds is 3. The molecular formula is C13H21N3S. The second kappa shape index (κ2) is 4.23. The van der Waals surface area contributed by atoms with E-state index in [9.17, 15) is 0 Å². The van der Waals surface area contributed by atoms with E-state index >= 15 is 0 Å². The van der Waals surface area contributed by atoms with Gasteiger partial charge in [0.1, 0.15) is 5.82 Å². The molecule has 0 radical (unpaired) electrons. The van der Waals surface area contributed by atoms with E-state index in [2.05, 4.69) is 28.6 Å². The van der Waals surface area contributed by atoms with Gasteiger partial charge in [-0.05, 0) is 49.2 Å². The average molecular weight is 251 g/mol. The molecule has 94 valence electrons. The van der Waals surface area contributed by atoms with Gasteiger partial charge in [0.2, 0.25) is 0 Å². The van der Waals surface area contributed by atoms with E-state index in [0.29, 0.717) is 11.8 Å². The molecule has 3 nitrogen and oxygen atoms in total. The number of aromatic nitrogens is 3. The van der Waals surface area contributed by atoms with E-state index < -0.39 is 0 Å². The summed E-state index contributed by atoms with van der Waals surface area (Å²) in [5, 5.41) is 7.51. The largest absolute Gasteiger partial charge is 0.304 e. The maximum absolute atomic E-state index is 5.36. The molecule has 3 atom stereocenters. The van der Waals surface area contributed by atoms with Gasteiger partial charge in [-0.15, -0.1) is 0 Å². The van der Waals surface area contributed by atoms with Crippen molar-refractivity contribution in [3.63, 3.8) is 0 Å². The van der Waals surface area contributed by atoms with Crippen LogP contribution < -0.4 is 0 Å². The minimum absolute atomic E-state index is 0.622. The summed E-state index contributed by atoms with van der Waals surface area (Å²) in [6.07, 6.45) is 5.60. The standard InChI is InChI=1S/C13H21N3S/c1-8(2)7-16-12(14-15-13(16)17)11-6-9-3-4-10(11)5-9/h8-11H,3-7H2,1-2H3,(H,15,17). The van der Waals surface area contributed by atoms with Crippen molar-refractivity contribution in [2.45, 2.75) is 52.0 Å². The highest BCUT2D eigenvalue weighted by Gasteiger charge is 2.42. The van der Waals surface area contributed by atoms with Gasteiger partial charge >= 0.3 is 0 Å². The van der Waals surface area contributed by atoms with E-state index in [1.807, 2.05) is 0 Å². The Morgan fingerprint density at radius 3 is 2.82 bits per heavy atom. The van der Waals surface area contributed by atoms with Crippen molar-refractivity contribution in [1.29, 1.82) is 0 Å². The highest BCUT2D eigenvalue weighted by atomic mass is 32.1. The maximum atomic E-state index is 5.36. The molecule has 1 heterocycles. The first-order valence-corrected chi connectivity index (χ1v) is 7.21. The minimum Gasteiger partial charge on any atom is -0.304 e. The summed E-state index contributed by atoms with van der Waals surface area (Å²) in [6.45, 7) is 5.47. The van der Waals surface area contributed by atoms with E-state index in [1.165, 1.54) is 31.5 Å². The summed E-state index contributed by atoms with van der Waals surface area (Å²) in [6, 6.07) is 0. The number of nitrogens with one attached hydrogen (secondary N) is 1. The number of hydrogen-bond acceptors (Lipinski definition) is 2. The summed E-state index contributed by atoms with van der Waals surface area (Å²) >= 11 is 5.36. The molecule has 17 heavy (non-hydrogen) atoms. The van der Waals surface area contributed by atoms with Crippen LogP contribution in [-0.2, 0) is 6.54 Å². The first-order valence-electron chi connectivity index (χ1n) is 6.80. The van der Waals surface area contributed by atoms with Gasteiger partial charge in [-0.3, -0.25) is 5.10 Å². The number of aromatic amines is 1. The second-order valence-corrected chi connectivity index (χ2v) is 6.56. The van der Waals surface area contributed by atoms with Crippen LogP contribution in [0.15, 0.2) is 0 Å². The number of H-pyrrole nitrogens is 1. The van der Waals surface area contributed by atoms with Crippen molar-refractivity contribution < 1.29 is 0 Å². The lowest BCUT2D eigenvalue weighted by Gasteiger charge is -2.22. The molecule has 2 aliphatic rings. The van der Waals surface area contributed by atoms with Gasteiger partial charge in [-0.1, -0.05) is 20.3 Å². The highest BCUT2D eigenvalue weighted by molar-refractivity contribution is 7.71. The Bertz CT molecular complexity index is 459. The van der Waals surface area contributed by atoms with Crippen molar-refractivity contribution in [2.24, 2.45) is 17.8 Å². The molecule has 0 spiro atoms. The number of nitrogens with zero attached hydrogens (tertiary/aromatic N) is 2. The van der Waals surface area contributed by atoms with Crippen LogP contribution in [0.1, 0.15) is 51.3 Å². The van der Waals surface area contributed by atoms with Crippen molar-refractivity contribution in [3.8, 4) is 0 Å². The second-order valence-electron chi connectivity index (χ2n) is 6.17. The maximum Gasteiger partial charge on any atom is 0.195 e. The Labute approximate surface area is 108 Å². The number of fused-ring (bicyclic) bond motifs is 2. The van der Waals surface area contributed by atoms with E-state index in [0.717, 1.165) is 23.2 Å². The van der Waals surface area contributed by atoms with Crippen LogP contribution in [0.4, 0.5) is 0 Å². The van der Waals surface area contributed by atoms with Crippen molar-refractivity contribution in [3.05, 3.63) is 10.6 Å². The Balaban J connectivity index is 1.90. The summed E-state index contributed by atoms with van der Waals surface area (Å²) in [4.78, 5) is 0. The fourth-order valence-electron chi connectivity index (χ4n) is 3.72. The first kappa shape index (κ1) is 11.5. The van der Waals surface area contributed by atoms with E-state index in [-0.39, 0.29) is 0 Å². The van der Waals surface area contributed by atoms with Gasteiger partial charge in [0.25, 0.3) is 0 Å². The molecule has 2 fully saturated rings. The van der Waals surface area contributed by atoms with Gasteiger partial charge in [0.05, 0.1) is 0 Å². The lowest BCUT2D eigenvalue weighted by molar-refractivity contribution is 0.382.